The lowest BCUT2D eigenvalue weighted by molar-refractivity contribution is 0.276. The number of rotatable bonds is 8. The molecule has 2 rings (SSSR count). The lowest BCUT2D eigenvalue weighted by Gasteiger charge is -2.16. The normalized spacial score (nSPS) is 15.3. The molecule has 1 fully saturated rings. The van der Waals surface area contributed by atoms with Crippen LogP contribution in [0.2, 0.25) is 0 Å². The van der Waals surface area contributed by atoms with Gasteiger partial charge in [-0.3, -0.25) is 4.90 Å². The van der Waals surface area contributed by atoms with Gasteiger partial charge in [0.05, 0.1) is 13.1 Å². The van der Waals surface area contributed by atoms with Gasteiger partial charge >= 0.3 is 0 Å². The van der Waals surface area contributed by atoms with Crippen molar-refractivity contribution in [2.45, 2.75) is 45.8 Å². The van der Waals surface area contributed by atoms with E-state index < -0.39 is 0 Å². The van der Waals surface area contributed by atoms with Gasteiger partial charge < -0.3 is 9.73 Å². The van der Waals surface area contributed by atoms with Gasteiger partial charge in [-0.25, -0.2) is 0 Å². The molecule has 3 nitrogen and oxygen atoms in total. The summed E-state index contributed by atoms with van der Waals surface area (Å²) in [6.07, 6.45) is 4.57. The number of furan rings is 1. The quantitative estimate of drug-likeness (QED) is 0.717. The Bertz CT molecular complexity index is 393. The van der Waals surface area contributed by atoms with E-state index in [-0.39, 0.29) is 0 Å². The van der Waals surface area contributed by atoms with Gasteiger partial charge in [0.25, 0.3) is 0 Å². The highest BCUT2D eigenvalue weighted by atomic mass is 16.3. The molecule has 0 unspecified atom stereocenters. The number of hydrogen-bond acceptors (Lipinski definition) is 3. The molecular weight excluding hydrogens is 224 g/mol. The zero-order chi connectivity index (χ0) is 13.0. The summed E-state index contributed by atoms with van der Waals surface area (Å²) in [5.74, 6) is 2.15. The third-order valence-corrected chi connectivity index (χ3v) is 3.41. The van der Waals surface area contributed by atoms with Crippen LogP contribution in [0, 0.1) is 6.92 Å². The van der Waals surface area contributed by atoms with Crippen LogP contribution in [-0.4, -0.2) is 24.0 Å². The van der Waals surface area contributed by atoms with Gasteiger partial charge in [-0.05, 0) is 37.9 Å². The van der Waals surface area contributed by atoms with Gasteiger partial charge in [0, 0.05) is 12.6 Å². The van der Waals surface area contributed by atoms with Gasteiger partial charge in [0.2, 0.25) is 0 Å². The second kappa shape index (κ2) is 6.21. The van der Waals surface area contributed by atoms with Crippen LogP contribution < -0.4 is 5.32 Å². The van der Waals surface area contributed by atoms with Crippen LogP contribution >= 0.6 is 0 Å². The molecule has 1 N–H and O–H groups in total. The van der Waals surface area contributed by atoms with E-state index in [0.29, 0.717) is 0 Å². The summed E-state index contributed by atoms with van der Waals surface area (Å²) in [4.78, 5) is 2.31. The van der Waals surface area contributed by atoms with E-state index in [1.807, 2.05) is 6.08 Å². The minimum Gasteiger partial charge on any atom is -0.463 e. The van der Waals surface area contributed by atoms with Crippen molar-refractivity contribution in [2.24, 2.45) is 0 Å². The molecule has 1 aliphatic rings. The van der Waals surface area contributed by atoms with E-state index in [1.54, 1.807) is 0 Å². The van der Waals surface area contributed by atoms with Crippen molar-refractivity contribution >= 4 is 0 Å². The molecule has 0 aliphatic heterocycles. The molecule has 0 atom stereocenters. The fraction of sp³-hybridized carbons (Fsp3) is 0.600. The molecule has 3 heteroatoms. The monoisotopic (exact) mass is 248 g/mol. The van der Waals surface area contributed by atoms with Crippen LogP contribution in [0.3, 0.4) is 0 Å². The minimum absolute atomic E-state index is 0.728. The van der Waals surface area contributed by atoms with Crippen molar-refractivity contribution in [3.8, 4) is 0 Å². The summed E-state index contributed by atoms with van der Waals surface area (Å²) in [5.41, 5.74) is 1.26. The second-order valence-electron chi connectivity index (χ2n) is 5.09. The van der Waals surface area contributed by atoms with Crippen LogP contribution in [-0.2, 0) is 13.1 Å². The summed E-state index contributed by atoms with van der Waals surface area (Å²) >= 11 is 0. The third-order valence-electron chi connectivity index (χ3n) is 3.41. The summed E-state index contributed by atoms with van der Waals surface area (Å²) in [5, 5.41) is 3.50. The van der Waals surface area contributed by atoms with Crippen molar-refractivity contribution in [2.75, 3.05) is 13.1 Å². The summed E-state index contributed by atoms with van der Waals surface area (Å²) in [6, 6.07) is 2.89. The average Bonchev–Trinajstić information content (AvgIpc) is 3.11. The first-order valence-corrected chi connectivity index (χ1v) is 6.87. The van der Waals surface area contributed by atoms with Gasteiger partial charge in [0.1, 0.15) is 11.5 Å². The second-order valence-corrected chi connectivity index (χ2v) is 5.09. The molecule has 0 aromatic carbocycles. The Morgan fingerprint density at radius 3 is 2.94 bits per heavy atom. The van der Waals surface area contributed by atoms with Crippen LogP contribution in [0.5, 0.6) is 0 Å². The summed E-state index contributed by atoms with van der Waals surface area (Å²) in [7, 11) is 0. The number of hydrogen-bond donors (Lipinski definition) is 1. The third kappa shape index (κ3) is 3.72. The van der Waals surface area contributed by atoms with Crippen LogP contribution in [0.25, 0.3) is 0 Å². The molecule has 1 aliphatic carbocycles. The maximum atomic E-state index is 5.93. The molecule has 0 spiro atoms. The Morgan fingerprint density at radius 2 is 2.33 bits per heavy atom. The van der Waals surface area contributed by atoms with Gasteiger partial charge in [-0.2, -0.15) is 0 Å². The number of aryl methyl sites for hydroxylation is 1. The van der Waals surface area contributed by atoms with Crippen molar-refractivity contribution < 1.29 is 4.42 Å². The van der Waals surface area contributed by atoms with Gasteiger partial charge in [-0.1, -0.05) is 13.0 Å². The van der Waals surface area contributed by atoms with Crippen molar-refractivity contribution in [1.29, 1.82) is 0 Å². The molecule has 0 saturated heterocycles. The molecule has 1 heterocycles. The fourth-order valence-electron chi connectivity index (χ4n) is 2.08. The van der Waals surface area contributed by atoms with E-state index in [0.717, 1.165) is 43.7 Å². The standard InChI is InChI=1S/C15H24N2O/c1-4-8-17(5-2)11-14-9-12(3)15(18-14)10-16-13-6-7-13/h4,9,13,16H,1,5-8,10-11H2,2-3H3. The maximum absolute atomic E-state index is 5.93. The molecule has 1 aromatic rings. The topological polar surface area (TPSA) is 28.4 Å². The zero-order valence-electron chi connectivity index (χ0n) is 11.5. The van der Waals surface area contributed by atoms with E-state index in [2.05, 4.69) is 36.7 Å². The first-order chi connectivity index (χ1) is 8.72. The van der Waals surface area contributed by atoms with Crippen LogP contribution in [0.1, 0.15) is 36.8 Å². The van der Waals surface area contributed by atoms with E-state index in [4.69, 9.17) is 4.42 Å². The average molecular weight is 248 g/mol. The Hall–Kier alpha value is -1.06. The van der Waals surface area contributed by atoms with E-state index in [1.165, 1.54) is 18.4 Å². The van der Waals surface area contributed by atoms with Crippen molar-refractivity contribution in [3.05, 3.63) is 35.8 Å². The van der Waals surface area contributed by atoms with Crippen LogP contribution in [0.15, 0.2) is 23.1 Å². The molecule has 1 saturated carbocycles. The Labute approximate surface area is 110 Å². The first-order valence-electron chi connectivity index (χ1n) is 6.87. The predicted octanol–water partition coefficient (Wildman–Crippen LogP) is 2.85. The molecule has 18 heavy (non-hydrogen) atoms. The number of nitrogens with one attached hydrogen (secondary N) is 1. The van der Waals surface area contributed by atoms with Crippen molar-refractivity contribution in [1.82, 2.24) is 10.2 Å². The van der Waals surface area contributed by atoms with Crippen LogP contribution in [0.4, 0.5) is 0 Å². The molecular formula is C15H24N2O. The molecule has 0 bridgehead atoms. The predicted molar refractivity (Wildman–Crippen MR) is 74.5 cm³/mol. The van der Waals surface area contributed by atoms with Crippen molar-refractivity contribution in [3.63, 3.8) is 0 Å². The number of nitrogens with zero attached hydrogens (tertiary/aromatic N) is 1. The smallest absolute Gasteiger partial charge is 0.120 e. The highest BCUT2D eigenvalue weighted by molar-refractivity contribution is 5.20. The van der Waals surface area contributed by atoms with E-state index in [9.17, 15) is 0 Å². The molecule has 1 aromatic heterocycles. The maximum Gasteiger partial charge on any atom is 0.120 e. The zero-order valence-corrected chi connectivity index (χ0v) is 11.5. The Balaban J connectivity index is 1.91. The largest absolute Gasteiger partial charge is 0.463 e. The lowest BCUT2D eigenvalue weighted by atomic mass is 10.2. The molecule has 100 valence electrons. The molecule has 0 radical (unpaired) electrons. The lowest BCUT2D eigenvalue weighted by Crippen LogP contribution is -2.22. The SMILES string of the molecule is C=CCN(CC)Cc1cc(C)c(CNC2CC2)o1. The van der Waals surface area contributed by atoms with Gasteiger partial charge in [0.15, 0.2) is 0 Å². The Morgan fingerprint density at radius 1 is 1.56 bits per heavy atom. The summed E-state index contributed by atoms with van der Waals surface area (Å²) in [6.45, 7) is 11.7. The Kier molecular flexibility index (Phi) is 4.61. The summed E-state index contributed by atoms with van der Waals surface area (Å²) < 4.78 is 5.93. The van der Waals surface area contributed by atoms with E-state index >= 15 is 0 Å². The first kappa shape index (κ1) is 13.4. The highest BCUT2D eigenvalue weighted by Crippen LogP contribution is 2.21. The molecule has 0 amide bonds. The fourth-order valence-corrected chi connectivity index (χ4v) is 2.08. The minimum atomic E-state index is 0.728. The van der Waals surface area contributed by atoms with Gasteiger partial charge in [-0.15, -0.1) is 6.58 Å². The highest BCUT2D eigenvalue weighted by Gasteiger charge is 2.21. The number of likely N-dealkylation sites (N-methyl/N-ethyl adjacent to an activating group) is 1.